The molecule has 2 aromatic carbocycles. The fourth-order valence-corrected chi connectivity index (χ4v) is 7.54. The lowest BCUT2D eigenvalue weighted by molar-refractivity contribution is -0.385. The van der Waals surface area contributed by atoms with Crippen LogP contribution in [0.1, 0.15) is 16.7 Å². The third-order valence-corrected chi connectivity index (χ3v) is 8.82. The van der Waals surface area contributed by atoms with Crippen molar-refractivity contribution < 1.29 is 18.6 Å². The summed E-state index contributed by atoms with van der Waals surface area (Å²) >= 11 is 0. The molecule has 0 spiro atoms. The van der Waals surface area contributed by atoms with E-state index in [1.807, 2.05) is 28.3 Å². The number of nitro groups is 1. The van der Waals surface area contributed by atoms with Crippen LogP contribution in [0.3, 0.4) is 0 Å². The normalized spacial score (nSPS) is 20.6. The summed E-state index contributed by atoms with van der Waals surface area (Å²) in [4.78, 5) is 14.3. The number of ether oxygens (including phenoxy) is 2. The standard InChI is InChI=1S/C22H27N3O5S/c1-16-12-19(25(26)27)13-20-22(16)24(10-11-29-2)21(15-30-3)31(20,28)23-9-8-17-6-4-5-7-18(17)14-23/h4-7,12-13H,8-11,14-15H2,1-3H3. The van der Waals surface area contributed by atoms with E-state index in [9.17, 15) is 14.3 Å². The van der Waals surface area contributed by atoms with Gasteiger partial charge in [0, 0.05) is 46.0 Å². The first-order valence-corrected chi connectivity index (χ1v) is 11.7. The Hall–Kier alpha value is -2.46. The van der Waals surface area contributed by atoms with Gasteiger partial charge in [0.2, 0.25) is 0 Å². The van der Waals surface area contributed by atoms with Crippen molar-refractivity contribution >= 4 is 26.1 Å². The number of nitrogens with zero attached hydrogens (tertiary/aromatic N) is 3. The van der Waals surface area contributed by atoms with Gasteiger partial charge in [0.05, 0.1) is 38.4 Å². The van der Waals surface area contributed by atoms with Gasteiger partial charge in [0.1, 0.15) is 4.99 Å². The van der Waals surface area contributed by atoms with Crippen molar-refractivity contribution in [1.82, 2.24) is 4.31 Å². The lowest BCUT2D eigenvalue weighted by Gasteiger charge is -2.32. The first-order chi connectivity index (χ1) is 14.9. The molecular formula is C22H27N3O5S. The van der Waals surface area contributed by atoms with Crippen LogP contribution in [0.4, 0.5) is 11.4 Å². The maximum atomic E-state index is 14.9. The predicted octanol–water partition coefficient (Wildman–Crippen LogP) is 2.76. The summed E-state index contributed by atoms with van der Waals surface area (Å²) in [6, 6.07) is 11.2. The fraction of sp³-hybridized carbons (Fsp3) is 0.409. The first kappa shape index (κ1) is 21.8. The Kier molecular flexibility index (Phi) is 6.02. The largest absolute Gasteiger partial charge is 0.383 e. The van der Waals surface area contributed by atoms with Crippen molar-refractivity contribution in [3.05, 3.63) is 63.2 Å². The maximum Gasteiger partial charge on any atom is 0.271 e. The van der Waals surface area contributed by atoms with E-state index in [-0.39, 0.29) is 12.3 Å². The molecule has 0 amide bonds. The van der Waals surface area contributed by atoms with Gasteiger partial charge >= 0.3 is 0 Å². The Balaban J connectivity index is 1.94. The molecule has 8 nitrogen and oxygen atoms in total. The number of fused-ring (bicyclic) bond motifs is 2. The van der Waals surface area contributed by atoms with Crippen molar-refractivity contribution in [2.24, 2.45) is 0 Å². The molecule has 166 valence electrons. The molecule has 1 unspecified atom stereocenters. The highest BCUT2D eigenvalue weighted by Gasteiger charge is 2.41. The smallest absolute Gasteiger partial charge is 0.271 e. The summed E-state index contributed by atoms with van der Waals surface area (Å²) < 4.78 is 27.6. The second-order valence-electron chi connectivity index (χ2n) is 7.75. The summed E-state index contributed by atoms with van der Waals surface area (Å²) in [6.07, 6.45) is 0.773. The van der Waals surface area contributed by atoms with Crippen molar-refractivity contribution in [2.75, 3.05) is 45.4 Å². The molecule has 0 fully saturated rings. The Morgan fingerprint density at radius 1 is 1.16 bits per heavy atom. The summed E-state index contributed by atoms with van der Waals surface area (Å²) in [7, 11) is 0.267. The molecule has 0 saturated carbocycles. The summed E-state index contributed by atoms with van der Waals surface area (Å²) in [5, 5.41) is 11.6. The number of nitro benzene ring substituents is 1. The van der Waals surface area contributed by atoms with Crippen LogP contribution in [-0.4, -0.2) is 58.9 Å². The summed E-state index contributed by atoms with van der Waals surface area (Å²) in [5.41, 5.74) is 3.81. The van der Waals surface area contributed by atoms with Crippen LogP contribution in [0.2, 0.25) is 0 Å². The van der Waals surface area contributed by atoms with E-state index in [1.165, 1.54) is 11.6 Å². The number of aryl methyl sites for hydroxylation is 1. The molecule has 2 heterocycles. The second-order valence-corrected chi connectivity index (χ2v) is 10.2. The molecule has 0 saturated heterocycles. The molecule has 0 aliphatic carbocycles. The van der Waals surface area contributed by atoms with E-state index in [0.717, 1.165) is 23.2 Å². The van der Waals surface area contributed by atoms with E-state index >= 15 is 0 Å². The molecule has 31 heavy (non-hydrogen) atoms. The minimum absolute atomic E-state index is 0.0493. The van der Waals surface area contributed by atoms with Crippen LogP contribution < -0.4 is 4.90 Å². The van der Waals surface area contributed by atoms with Gasteiger partial charge in [0.25, 0.3) is 5.69 Å². The van der Waals surface area contributed by atoms with E-state index in [2.05, 4.69) is 12.1 Å². The van der Waals surface area contributed by atoms with Crippen molar-refractivity contribution in [1.29, 1.82) is 0 Å². The molecular weight excluding hydrogens is 418 g/mol. The van der Waals surface area contributed by atoms with Crippen molar-refractivity contribution in [2.45, 2.75) is 24.8 Å². The van der Waals surface area contributed by atoms with Gasteiger partial charge in [-0.25, -0.2) is 8.51 Å². The minimum Gasteiger partial charge on any atom is -0.383 e. The Bertz CT molecular complexity index is 1140. The SMILES string of the molecule is COCCN1C(COC)=S(=O)(N2CCc3ccccc3C2)c2cc([N+](=O)[O-])cc(C)c21. The average molecular weight is 446 g/mol. The lowest BCUT2D eigenvalue weighted by atomic mass is 10.0. The Labute approximate surface area is 182 Å². The van der Waals surface area contributed by atoms with Gasteiger partial charge in [-0.2, -0.15) is 0 Å². The zero-order valence-corrected chi connectivity index (χ0v) is 18.8. The highest BCUT2D eigenvalue weighted by Crippen LogP contribution is 2.42. The molecule has 2 aliphatic heterocycles. The van der Waals surface area contributed by atoms with Crippen LogP contribution >= 0.6 is 0 Å². The van der Waals surface area contributed by atoms with Gasteiger partial charge in [-0.05, 0) is 30.0 Å². The lowest BCUT2D eigenvalue weighted by Crippen LogP contribution is -2.43. The van der Waals surface area contributed by atoms with E-state index in [1.54, 1.807) is 20.3 Å². The third-order valence-electron chi connectivity index (χ3n) is 5.90. The second kappa shape index (κ2) is 8.58. The predicted molar refractivity (Wildman–Crippen MR) is 121 cm³/mol. The van der Waals surface area contributed by atoms with Gasteiger partial charge in [0.15, 0.2) is 0 Å². The highest BCUT2D eigenvalue weighted by molar-refractivity contribution is 8.01. The van der Waals surface area contributed by atoms with Crippen LogP contribution in [0.5, 0.6) is 0 Å². The number of benzene rings is 2. The third kappa shape index (κ3) is 3.61. The monoisotopic (exact) mass is 445 g/mol. The molecule has 0 bridgehead atoms. The molecule has 0 N–H and O–H groups in total. The highest BCUT2D eigenvalue weighted by atomic mass is 32.2. The minimum atomic E-state index is -2.93. The molecule has 2 aliphatic rings. The number of rotatable bonds is 7. The molecule has 1 atom stereocenters. The topological polar surface area (TPSA) is 85.2 Å². The zero-order valence-electron chi connectivity index (χ0n) is 18.0. The molecule has 9 heteroatoms. The quantitative estimate of drug-likeness (QED) is 0.370. The summed E-state index contributed by atoms with van der Waals surface area (Å²) in [6.45, 7) is 4.03. The number of hydrogen-bond donors (Lipinski definition) is 0. The van der Waals surface area contributed by atoms with E-state index < -0.39 is 14.6 Å². The number of anilines is 1. The molecule has 2 aromatic rings. The number of hydrogen-bond acceptors (Lipinski definition) is 6. The zero-order chi connectivity index (χ0) is 22.2. The van der Waals surface area contributed by atoms with Crippen LogP contribution in [-0.2, 0) is 32.1 Å². The fourth-order valence-electron chi connectivity index (χ4n) is 4.47. The van der Waals surface area contributed by atoms with Crippen molar-refractivity contribution in [3.8, 4) is 0 Å². The molecule has 4 rings (SSSR count). The van der Waals surface area contributed by atoms with Crippen LogP contribution in [0.25, 0.3) is 0 Å². The van der Waals surface area contributed by atoms with Gasteiger partial charge in [-0.3, -0.25) is 10.1 Å². The maximum absolute atomic E-state index is 14.9. The number of non-ortho nitro benzene ring substituents is 1. The molecule has 0 radical (unpaired) electrons. The van der Waals surface area contributed by atoms with Crippen molar-refractivity contribution in [3.63, 3.8) is 0 Å². The number of methoxy groups -OCH3 is 2. The van der Waals surface area contributed by atoms with Gasteiger partial charge in [-0.15, -0.1) is 0 Å². The van der Waals surface area contributed by atoms with E-state index in [0.29, 0.717) is 36.1 Å². The summed E-state index contributed by atoms with van der Waals surface area (Å²) in [5.74, 6) is 0. The first-order valence-electron chi connectivity index (χ1n) is 10.2. The van der Waals surface area contributed by atoms with Gasteiger partial charge < -0.3 is 14.4 Å². The van der Waals surface area contributed by atoms with Crippen LogP contribution in [0, 0.1) is 17.0 Å². The van der Waals surface area contributed by atoms with E-state index in [4.69, 9.17) is 9.47 Å². The molecule has 0 aromatic heterocycles. The van der Waals surface area contributed by atoms with Crippen LogP contribution in [0.15, 0.2) is 41.3 Å². The Morgan fingerprint density at radius 2 is 1.90 bits per heavy atom. The Morgan fingerprint density at radius 3 is 2.58 bits per heavy atom. The van der Waals surface area contributed by atoms with Gasteiger partial charge in [-0.1, -0.05) is 24.3 Å². The average Bonchev–Trinajstić information content (AvgIpc) is 3.01.